The standard InChI is InChI=1S/C34H53N5O7/c1-5-23(2)32(34(45)46)38-30(42)21-28(40)26(19-24-13-8-6-9-14-24)36-31(43)22-35-33(44)27(20-25-15-10-7-11-16-25)37-29(41)17-12-18-39(3)4/h7,10-11,15-16,23-24,26-27,32H,5-6,8-9,12-14,17-22H2,1-4H3,(H,35,44)(H,36,43)(H,37,41)(H,38,42)(H,45,46)/t23-,26?,27-,32-/m0/s1. The Morgan fingerprint density at radius 3 is 2.15 bits per heavy atom. The van der Waals surface area contributed by atoms with Crippen molar-refractivity contribution in [2.45, 2.75) is 103 Å². The van der Waals surface area contributed by atoms with Crippen LogP contribution >= 0.6 is 0 Å². The molecule has 5 N–H and O–H groups in total. The summed E-state index contributed by atoms with van der Waals surface area (Å²) < 4.78 is 0. The lowest BCUT2D eigenvalue weighted by Crippen LogP contribution is -2.52. The third-order valence-corrected chi connectivity index (χ3v) is 8.51. The van der Waals surface area contributed by atoms with Crippen LogP contribution < -0.4 is 21.3 Å². The highest BCUT2D eigenvalue weighted by Crippen LogP contribution is 2.27. The fourth-order valence-corrected chi connectivity index (χ4v) is 5.63. The van der Waals surface area contributed by atoms with Gasteiger partial charge in [0.1, 0.15) is 12.1 Å². The topological polar surface area (TPSA) is 174 Å². The van der Waals surface area contributed by atoms with Crippen molar-refractivity contribution >= 4 is 35.4 Å². The molecule has 0 aromatic heterocycles. The number of carboxylic acids is 1. The molecule has 1 unspecified atom stereocenters. The number of carbonyl (C=O) groups excluding carboxylic acids is 5. The van der Waals surface area contributed by atoms with Gasteiger partial charge in [-0.3, -0.25) is 24.0 Å². The summed E-state index contributed by atoms with van der Waals surface area (Å²) in [5, 5.41) is 20.1. The Morgan fingerprint density at radius 2 is 1.54 bits per heavy atom. The second-order valence-corrected chi connectivity index (χ2v) is 12.7. The Bertz CT molecular complexity index is 1150. The molecule has 0 bridgehead atoms. The van der Waals surface area contributed by atoms with Crippen LogP contribution in [0.1, 0.15) is 83.6 Å². The summed E-state index contributed by atoms with van der Waals surface area (Å²) >= 11 is 0. The molecule has 0 spiro atoms. The summed E-state index contributed by atoms with van der Waals surface area (Å²) in [7, 11) is 3.83. The third-order valence-electron chi connectivity index (χ3n) is 8.51. The van der Waals surface area contributed by atoms with Gasteiger partial charge >= 0.3 is 5.97 Å². The van der Waals surface area contributed by atoms with E-state index in [-0.39, 0.29) is 30.6 Å². The van der Waals surface area contributed by atoms with E-state index < -0.39 is 60.6 Å². The van der Waals surface area contributed by atoms with Gasteiger partial charge in [0.15, 0.2) is 5.78 Å². The Labute approximate surface area is 272 Å². The quantitative estimate of drug-likeness (QED) is 0.135. The lowest BCUT2D eigenvalue weighted by molar-refractivity contribution is -0.144. The maximum Gasteiger partial charge on any atom is 0.326 e. The van der Waals surface area contributed by atoms with Crippen LogP contribution in [0.2, 0.25) is 0 Å². The van der Waals surface area contributed by atoms with Crippen molar-refractivity contribution in [2.24, 2.45) is 11.8 Å². The summed E-state index contributed by atoms with van der Waals surface area (Å²) in [6.07, 6.45) is 6.42. The number of rotatable bonds is 20. The normalized spacial score (nSPS) is 16.0. The van der Waals surface area contributed by atoms with Crippen LogP contribution in [-0.4, -0.2) is 90.7 Å². The summed E-state index contributed by atoms with van der Waals surface area (Å²) in [4.78, 5) is 78.5. The molecule has 1 saturated carbocycles. The van der Waals surface area contributed by atoms with Gasteiger partial charge < -0.3 is 31.3 Å². The zero-order valence-electron chi connectivity index (χ0n) is 27.8. The van der Waals surface area contributed by atoms with Crippen molar-refractivity contribution in [3.8, 4) is 0 Å². The second kappa shape index (κ2) is 20.3. The number of benzene rings is 1. The van der Waals surface area contributed by atoms with Crippen molar-refractivity contribution in [2.75, 3.05) is 27.2 Å². The Balaban J connectivity index is 2.05. The van der Waals surface area contributed by atoms with E-state index in [1.54, 1.807) is 6.92 Å². The van der Waals surface area contributed by atoms with Crippen LogP contribution in [0.3, 0.4) is 0 Å². The van der Waals surface area contributed by atoms with Crippen LogP contribution in [-0.2, 0) is 35.2 Å². The maximum atomic E-state index is 13.3. The minimum absolute atomic E-state index is 0.200. The van der Waals surface area contributed by atoms with Crippen molar-refractivity contribution in [1.82, 2.24) is 26.2 Å². The van der Waals surface area contributed by atoms with Crippen LogP contribution in [0.5, 0.6) is 0 Å². The number of amides is 4. The number of hydrogen-bond acceptors (Lipinski definition) is 7. The van der Waals surface area contributed by atoms with Gasteiger partial charge in [-0.15, -0.1) is 0 Å². The molecule has 1 aromatic rings. The fraction of sp³-hybridized carbons (Fsp3) is 0.647. The average Bonchev–Trinajstić information content (AvgIpc) is 3.02. The molecule has 1 aliphatic rings. The predicted molar refractivity (Wildman–Crippen MR) is 175 cm³/mol. The SMILES string of the molecule is CC[C@H](C)[C@H](NC(=O)CC(=O)C(CC1CCCCC1)NC(=O)CNC(=O)[C@H](Cc1ccccc1)NC(=O)CCCN(C)C)C(=O)O. The lowest BCUT2D eigenvalue weighted by Gasteiger charge is -2.27. The molecule has 46 heavy (non-hydrogen) atoms. The summed E-state index contributed by atoms with van der Waals surface area (Å²) in [5.74, 6) is -3.91. The van der Waals surface area contributed by atoms with Gasteiger partial charge in [-0.05, 0) is 50.9 Å². The van der Waals surface area contributed by atoms with E-state index in [2.05, 4.69) is 21.3 Å². The number of hydrogen-bond donors (Lipinski definition) is 5. The summed E-state index contributed by atoms with van der Waals surface area (Å²) in [6, 6.07) is 6.26. The van der Waals surface area contributed by atoms with Gasteiger partial charge in [0.05, 0.1) is 19.0 Å². The second-order valence-electron chi connectivity index (χ2n) is 12.7. The van der Waals surface area contributed by atoms with E-state index in [0.717, 1.165) is 44.2 Å². The lowest BCUT2D eigenvalue weighted by atomic mass is 9.83. The highest BCUT2D eigenvalue weighted by Gasteiger charge is 2.30. The average molecular weight is 644 g/mol. The molecule has 12 nitrogen and oxygen atoms in total. The Kier molecular flexibility index (Phi) is 17.0. The van der Waals surface area contributed by atoms with Crippen LogP contribution in [0, 0.1) is 11.8 Å². The van der Waals surface area contributed by atoms with Gasteiger partial charge in [-0.25, -0.2) is 4.79 Å². The zero-order chi connectivity index (χ0) is 34.1. The van der Waals surface area contributed by atoms with Crippen molar-refractivity contribution in [3.63, 3.8) is 0 Å². The molecule has 0 radical (unpaired) electrons. The number of Topliss-reactive ketones (excluding diaryl/α,β-unsaturated/α-hetero) is 1. The molecule has 1 aromatic carbocycles. The monoisotopic (exact) mass is 643 g/mol. The van der Waals surface area contributed by atoms with Crippen LogP contribution in [0.25, 0.3) is 0 Å². The number of carbonyl (C=O) groups is 6. The largest absolute Gasteiger partial charge is 0.480 e. The molecule has 2 rings (SSSR count). The first-order valence-electron chi connectivity index (χ1n) is 16.5. The van der Waals surface area contributed by atoms with Crippen LogP contribution in [0.4, 0.5) is 0 Å². The molecule has 0 aliphatic heterocycles. The summed E-state index contributed by atoms with van der Waals surface area (Å²) in [6.45, 7) is 3.83. The first-order chi connectivity index (χ1) is 21.9. The van der Waals surface area contributed by atoms with Gasteiger partial charge in [0.2, 0.25) is 23.6 Å². The first-order valence-corrected chi connectivity index (χ1v) is 16.5. The van der Waals surface area contributed by atoms with Gasteiger partial charge in [-0.1, -0.05) is 82.7 Å². The Hall–Kier alpha value is -3.80. The number of ketones is 1. The maximum absolute atomic E-state index is 13.3. The highest BCUT2D eigenvalue weighted by molar-refractivity contribution is 6.03. The van der Waals surface area contributed by atoms with Crippen molar-refractivity contribution in [3.05, 3.63) is 35.9 Å². The molecule has 0 heterocycles. The number of aliphatic carboxylic acids is 1. The van der Waals surface area contributed by atoms with Gasteiger partial charge in [0, 0.05) is 12.8 Å². The van der Waals surface area contributed by atoms with E-state index in [1.807, 2.05) is 56.3 Å². The molecule has 12 heteroatoms. The third kappa shape index (κ3) is 14.5. The predicted octanol–water partition coefficient (Wildman–Crippen LogP) is 2.20. The minimum atomic E-state index is -1.17. The molecular formula is C34H53N5O7. The molecule has 1 fully saturated rings. The van der Waals surface area contributed by atoms with Crippen LogP contribution in [0.15, 0.2) is 30.3 Å². The fourth-order valence-electron chi connectivity index (χ4n) is 5.63. The van der Waals surface area contributed by atoms with Gasteiger partial charge in [-0.2, -0.15) is 0 Å². The number of carboxylic acid groups (broad SMARTS) is 1. The smallest absolute Gasteiger partial charge is 0.326 e. The van der Waals surface area contributed by atoms with Crippen molar-refractivity contribution < 1.29 is 33.9 Å². The molecule has 1 aliphatic carbocycles. The molecule has 4 amide bonds. The van der Waals surface area contributed by atoms with E-state index in [0.29, 0.717) is 19.3 Å². The minimum Gasteiger partial charge on any atom is -0.480 e. The molecule has 0 saturated heterocycles. The van der Waals surface area contributed by atoms with Gasteiger partial charge in [0.25, 0.3) is 0 Å². The van der Waals surface area contributed by atoms with E-state index in [9.17, 15) is 33.9 Å². The molecular weight excluding hydrogens is 590 g/mol. The van der Waals surface area contributed by atoms with Crippen molar-refractivity contribution in [1.29, 1.82) is 0 Å². The Morgan fingerprint density at radius 1 is 0.891 bits per heavy atom. The summed E-state index contributed by atoms with van der Waals surface area (Å²) in [5.41, 5.74) is 0.843. The molecule has 256 valence electrons. The molecule has 4 atom stereocenters. The number of nitrogens with one attached hydrogen (secondary N) is 4. The number of nitrogens with zero attached hydrogens (tertiary/aromatic N) is 1. The first kappa shape index (κ1) is 38.4. The highest BCUT2D eigenvalue weighted by atomic mass is 16.4. The van der Waals surface area contributed by atoms with E-state index >= 15 is 0 Å². The zero-order valence-corrected chi connectivity index (χ0v) is 27.8. The van der Waals surface area contributed by atoms with E-state index in [4.69, 9.17) is 0 Å². The van der Waals surface area contributed by atoms with E-state index in [1.165, 1.54) is 0 Å².